The Labute approximate surface area is 243 Å². The molecule has 1 heterocycles. The lowest BCUT2D eigenvalue weighted by Gasteiger charge is -2.15. The maximum Gasteiger partial charge on any atom is 0.363 e. The van der Waals surface area contributed by atoms with Gasteiger partial charge in [0.1, 0.15) is 6.61 Å². The third-order valence-corrected chi connectivity index (χ3v) is 7.47. The molecule has 190 valence electrons. The quantitative estimate of drug-likeness (QED) is 0.107. The van der Waals surface area contributed by atoms with E-state index in [-0.39, 0.29) is 11.6 Å². The number of ether oxygens (including phenoxy) is 3. The lowest BCUT2D eigenvalue weighted by molar-refractivity contribution is -0.129. The Bertz CT molecular complexity index is 1530. The first kappa shape index (κ1) is 26.2. The molecule has 7 heteroatoms. The number of halogens is 2. The molecule has 0 bridgehead atoms. The van der Waals surface area contributed by atoms with Crippen LogP contribution in [0.25, 0.3) is 17.2 Å². The zero-order valence-corrected chi connectivity index (χ0v) is 24.2. The van der Waals surface area contributed by atoms with Gasteiger partial charge in [-0.3, -0.25) is 0 Å². The summed E-state index contributed by atoms with van der Waals surface area (Å²) in [5.41, 5.74) is 4.96. The van der Waals surface area contributed by atoms with Crippen LogP contribution in [0, 0.1) is 3.57 Å². The predicted octanol–water partition coefficient (Wildman–Crippen LogP) is 8.04. The van der Waals surface area contributed by atoms with Crippen molar-refractivity contribution in [2.24, 2.45) is 4.99 Å². The van der Waals surface area contributed by atoms with Crippen LogP contribution in [-0.4, -0.2) is 18.5 Å². The maximum atomic E-state index is 12.6. The minimum absolute atomic E-state index is 0.217. The largest absolute Gasteiger partial charge is 0.490 e. The third-order valence-electron chi connectivity index (χ3n) is 5.82. The van der Waals surface area contributed by atoms with Gasteiger partial charge in [-0.15, -0.1) is 0 Å². The summed E-state index contributed by atoms with van der Waals surface area (Å²) in [5, 5.41) is 0. The topological polar surface area (TPSA) is 57.1 Å². The molecular formula is C31H23BrINO4. The Balaban J connectivity index is 1.38. The van der Waals surface area contributed by atoms with E-state index in [1.165, 1.54) is 0 Å². The van der Waals surface area contributed by atoms with Crippen LogP contribution in [0.1, 0.15) is 23.6 Å². The molecule has 0 aromatic heterocycles. The van der Waals surface area contributed by atoms with E-state index >= 15 is 0 Å². The van der Waals surface area contributed by atoms with Crippen LogP contribution >= 0.6 is 38.5 Å². The Hall–Kier alpha value is -3.43. The van der Waals surface area contributed by atoms with Gasteiger partial charge < -0.3 is 14.2 Å². The number of aliphatic imine (C=N–C) groups is 1. The van der Waals surface area contributed by atoms with Crippen LogP contribution < -0.4 is 9.47 Å². The summed E-state index contributed by atoms with van der Waals surface area (Å²) in [7, 11) is 0. The number of esters is 1. The summed E-state index contributed by atoms with van der Waals surface area (Å²) in [6.45, 7) is 2.78. The van der Waals surface area contributed by atoms with Crippen LogP contribution in [-0.2, 0) is 16.1 Å². The molecule has 0 radical (unpaired) electrons. The lowest BCUT2D eigenvalue weighted by atomic mass is 10.0. The van der Waals surface area contributed by atoms with Gasteiger partial charge in [-0.2, -0.15) is 0 Å². The van der Waals surface area contributed by atoms with E-state index in [2.05, 4.69) is 55.6 Å². The summed E-state index contributed by atoms with van der Waals surface area (Å²) in [4.78, 5) is 17.1. The molecular weight excluding hydrogens is 657 g/mol. The highest BCUT2D eigenvalue weighted by Gasteiger charge is 2.24. The van der Waals surface area contributed by atoms with Crippen LogP contribution in [0.3, 0.4) is 0 Å². The number of hydrogen-bond donors (Lipinski definition) is 0. The smallest absolute Gasteiger partial charge is 0.363 e. The average molecular weight is 680 g/mol. The fraction of sp³-hybridized carbons (Fsp3) is 0.0968. The molecule has 0 N–H and O–H groups in total. The monoisotopic (exact) mass is 679 g/mol. The van der Waals surface area contributed by atoms with Crippen molar-refractivity contribution in [3.63, 3.8) is 0 Å². The van der Waals surface area contributed by atoms with Gasteiger partial charge in [-0.25, -0.2) is 9.79 Å². The first-order chi connectivity index (χ1) is 18.5. The van der Waals surface area contributed by atoms with E-state index in [1.54, 1.807) is 6.08 Å². The molecule has 0 aliphatic carbocycles. The Kier molecular flexibility index (Phi) is 8.24. The van der Waals surface area contributed by atoms with Crippen molar-refractivity contribution < 1.29 is 19.0 Å². The van der Waals surface area contributed by atoms with Crippen molar-refractivity contribution in [2.45, 2.75) is 13.5 Å². The number of benzene rings is 4. The molecule has 0 saturated carbocycles. The van der Waals surface area contributed by atoms with Crippen molar-refractivity contribution in [3.8, 4) is 22.6 Å². The second-order valence-electron chi connectivity index (χ2n) is 8.42. The van der Waals surface area contributed by atoms with E-state index in [9.17, 15) is 4.79 Å². The second-order valence-corrected chi connectivity index (χ2v) is 10.4. The lowest BCUT2D eigenvalue weighted by Crippen LogP contribution is -2.05. The number of nitrogens with zero attached hydrogens (tertiary/aromatic N) is 1. The molecule has 1 aliphatic rings. The molecule has 38 heavy (non-hydrogen) atoms. The molecule has 4 aromatic carbocycles. The Morgan fingerprint density at radius 2 is 1.58 bits per heavy atom. The third kappa shape index (κ3) is 6.00. The average Bonchev–Trinajstić information content (AvgIpc) is 3.29. The normalized spacial score (nSPS) is 13.8. The van der Waals surface area contributed by atoms with Crippen molar-refractivity contribution in [2.75, 3.05) is 6.61 Å². The van der Waals surface area contributed by atoms with E-state index in [0.29, 0.717) is 29.2 Å². The maximum absolute atomic E-state index is 12.6. The highest BCUT2D eigenvalue weighted by Crippen LogP contribution is 2.38. The number of rotatable bonds is 8. The van der Waals surface area contributed by atoms with Gasteiger partial charge in [-0.05, 0) is 98.5 Å². The second kappa shape index (κ2) is 12.0. The molecule has 0 fully saturated rings. The highest BCUT2D eigenvalue weighted by molar-refractivity contribution is 14.1. The van der Waals surface area contributed by atoms with Gasteiger partial charge in [0, 0.05) is 14.7 Å². The fourth-order valence-corrected chi connectivity index (χ4v) is 5.08. The summed E-state index contributed by atoms with van der Waals surface area (Å²) in [5.74, 6) is 0.958. The van der Waals surface area contributed by atoms with Gasteiger partial charge in [0.05, 0.1) is 11.1 Å². The zero-order valence-electron chi connectivity index (χ0n) is 20.5. The van der Waals surface area contributed by atoms with E-state index < -0.39 is 5.97 Å². The van der Waals surface area contributed by atoms with Crippen molar-refractivity contribution in [3.05, 3.63) is 121 Å². The summed E-state index contributed by atoms with van der Waals surface area (Å²) in [6, 6.07) is 29.6. The molecule has 0 atom stereocenters. The summed E-state index contributed by atoms with van der Waals surface area (Å²) >= 11 is 5.91. The fourth-order valence-electron chi connectivity index (χ4n) is 3.97. The molecule has 5 nitrogen and oxygen atoms in total. The molecule has 0 unspecified atom stereocenters. The van der Waals surface area contributed by atoms with E-state index in [1.807, 2.05) is 85.8 Å². The van der Waals surface area contributed by atoms with Crippen molar-refractivity contribution in [1.82, 2.24) is 0 Å². The van der Waals surface area contributed by atoms with Gasteiger partial charge in [0.2, 0.25) is 5.90 Å². The van der Waals surface area contributed by atoms with Crippen LogP contribution in [0.5, 0.6) is 11.5 Å². The Morgan fingerprint density at radius 3 is 2.32 bits per heavy atom. The minimum atomic E-state index is -0.500. The summed E-state index contributed by atoms with van der Waals surface area (Å²) in [6.07, 6.45) is 1.69. The molecule has 4 aromatic rings. The first-order valence-corrected chi connectivity index (χ1v) is 13.9. The standard InChI is InChI=1S/C31H23BrINO4/c1-2-36-28-18-20(16-25(32)29(28)37-19-24-10-6-7-11-26(24)33)17-27-31(35)38-30(34-27)23-14-12-22(13-15-23)21-8-4-3-5-9-21/h3-18H,2,19H2,1H3/b27-17-. The first-order valence-electron chi connectivity index (χ1n) is 12.0. The molecule has 0 saturated heterocycles. The van der Waals surface area contributed by atoms with E-state index in [0.717, 1.165) is 31.4 Å². The molecule has 5 rings (SSSR count). The molecule has 1 aliphatic heterocycles. The van der Waals surface area contributed by atoms with Crippen LogP contribution in [0.2, 0.25) is 0 Å². The van der Waals surface area contributed by atoms with Crippen molar-refractivity contribution >= 4 is 56.5 Å². The zero-order chi connectivity index (χ0) is 26.5. The SMILES string of the molecule is CCOc1cc(/C=C2\N=C(c3ccc(-c4ccccc4)cc3)OC2=O)cc(Br)c1OCc1ccccc1I. The Morgan fingerprint density at radius 1 is 0.895 bits per heavy atom. The summed E-state index contributed by atoms with van der Waals surface area (Å²) < 4.78 is 19.3. The van der Waals surface area contributed by atoms with Crippen LogP contribution in [0.15, 0.2) is 106 Å². The number of cyclic esters (lactones) is 1. The molecule has 0 spiro atoms. The molecule has 0 amide bonds. The number of carbonyl (C=O) groups excluding carboxylic acids is 1. The number of hydrogen-bond acceptors (Lipinski definition) is 5. The highest BCUT2D eigenvalue weighted by atomic mass is 127. The van der Waals surface area contributed by atoms with Gasteiger partial charge in [0.15, 0.2) is 17.2 Å². The minimum Gasteiger partial charge on any atom is -0.490 e. The van der Waals surface area contributed by atoms with Crippen LogP contribution in [0.4, 0.5) is 0 Å². The number of carbonyl (C=O) groups is 1. The van der Waals surface area contributed by atoms with Crippen molar-refractivity contribution in [1.29, 1.82) is 0 Å². The predicted molar refractivity (Wildman–Crippen MR) is 161 cm³/mol. The van der Waals surface area contributed by atoms with Gasteiger partial charge in [-0.1, -0.05) is 60.7 Å². The van der Waals surface area contributed by atoms with Gasteiger partial charge in [0.25, 0.3) is 0 Å². The van der Waals surface area contributed by atoms with Gasteiger partial charge >= 0.3 is 5.97 Å². The van der Waals surface area contributed by atoms with E-state index in [4.69, 9.17) is 14.2 Å².